The molecule has 0 spiro atoms. The molecule has 0 amide bonds. The van der Waals surface area contributed by atoms with Gasteiger partial charge in [0.2, 0.25) is 5.89 Å². The van der Waals surface area contributed by atoms with Crippen LogP contribution >= 0.6 is 35.0 Å². The summed E-state index contributed by atoms with van der Waals surface area (Å²) in [5.41, 5.74) is 1.11. The summed E-state index contributed by atoms with van der Waals surface area (Å²) >= 11 is 13.1. The lowest BCUT2D eigenvalue weighted by Crippen LogP contribution is -2.01. The van der Waals surface area contributed by atoms with Crippen molar-refractivity contribution in [2.45, 2.75) is 16.4 Å². The molecule has 0 saturated carbocycles. The number of benzene rings is 2. The Morgan fingerprint density at radius 3 is 2.21 bits per heavy atom. The van der Waals surface area contributed by atoms with Gasteiger partial charge in [0.25, 0.3) is 0 Å². The number of carboxylic acid groups (broad SMARTS) is 1. The number of carbonyl (C=O) groups is 1. The van der Waals surface area contributed by atoms with Gasteiger partial charge >= 0.3 is 5.97 Å². The first-order chi connectivity index (χ1) is 11.5. The van der Waals surface area contributed by atoms with Crippen molar-refractivity contribution in [2.24, 2.45) is 0 Å². The van der Waals surface area contributed by atoms with Gasteiger partial charge in [-0.1, -0.05) is 35.0 Å². The van der Waals surface area contributed by atoms with Crippen molar-refractivity contribution >= 4 is 40.9 Å². The van der Waals surface area contributed by atoms with Gasteiger partial charge in [-0.15, -0.1) is 0 Å². The molecule has 1 N–H and O–H groups in total. The molecule has 1 heterocycles. The Balaban J connectivity index is 1.95. The molecular formula is C17H11Cl2NO3S. The Bertz CT molecular complexity index is 861. The summed E-state index contributed by atoms with van der Waals surface area (Å²) in [4.78, 5) is 16.3. The largest absolute Gasteiger partial charge is 0.481 e. The molecule has 122 valence electrons. The minimum absolute atomic E-state index is 0.215. The number of aromatic nitrogens is 1. The molecule has 0 fully saturated rings. The number of hydrogen-bond donors (Lipinski definition) is 1. The van der Waals surface area contributed by atoms with Crippen LogP contribution in [0.25, 0.3) is 11.5 Å². The van der Waals surface area contributed by atoms with E-state index in [0.717, 1.165) is 10.5 Å². The number of carboxylic acids is 1. The van der Waals surface area contributed by atoms with E-state index in [1.54, 1.807) is 36.4 Å². The highest BCUT2D eigenvalue weighted by Crippen LogP contribution is 2.35. The maximum atomic E-state index is 11.1. The highest BCUT2D eigenvalue weighted by molar-refractivity contribution is 7.99. The van der Waals surface area contributed by atoms with Crippen LogP contribution in [-0.2, 0) is 11.2 Å². The monoisotopic (exact) mass is 379 g/mol. The Morgan fingerprint density at radius 1 is 1.04 bits per heavy atom. The molecule has 3 rings (SSSR count). The molecule has 0 aliphatic heterocycles. The summed E-state index contributed by atoms with van der Waals surface area (Å²) < 4.78 is 5.79. The highest BCUT2D eigenvalue weighted by atomic mass is 35.5. The van der Waals surface area contributed by atoms with Crippen LogP contribution in [0.4, 0.5) is 0 Å². The Morgan fingerprint density at radius 2 is 1.62 bits per heavy atom. The molecule has 1 aromatic heterocycles. The van der Waals surface area contributed by atoms with Crippen LogP contribution in [0.1, 0.15) is 5.69 Å². The topological polar surface area (TPSA) is 63.3 Å². The predicted octanol–water partition coefficient (Wildman–Crippen LogP) is 5.43. The molecule has 4 nitrogen and oxygen atoms in total. The van der Waals surface area contributed by atoms with E-state index < -0.39 is 5.97 Å². The van der Waals surface area contributed by atoms with E-state index >= 15 is 0 Å². The van der Waals surface area contributed by atoms with Gasteiger partial charge in [-0.05, 0) is 48.5 Å². The Hall–Kier alpha value is -1.95. The highest BCUT2D eigenvalue weighted by Gasteiger charge is 2.18. The number of rotatable bonds is 5. The maximum absolute atomic E-state index is 11.1. The maximum Gasteiger partial charge on any atom is 0.309 e. The first-order valence-electron chi connectivity index (χ1n) is 6.92. The van der Waals surface area contributed by atoms with Gasteiger partial charge in [-0.2, -0.15) is 0 Å². The van der Waals surface area contributed by atoms with Crippen molar-refractivity contribution in [3.05, 3.63) is 64.3 Å². The zero-order valence-corrected chi connectivity index (χ0v) is 14.5. The van der Waals surface area contributed by atoms with Crippen LogP contribution in [-0.4, -0.2) is 16.1 Å². The smallest absolute Gasteiger partial charge is 0.309 e. The average Bonchev–Trinajstić information content (AvgIpc) is 2.92. The molecule has 0 radical (unpaired) electrons. The van der Waals surface area contributed by atoms with Gasteiger partial charge in [0, 0.05) is 20.5 Å². The number of nitrogens with zero attached hydrogens (tertiary/aromatic N) is 1. The Kier molecular flexibility index (Phi) is 5.14. The van der Waals surface area contributed by atoms with E-state index in [9.17, 15) is 4.79 Å². The number of hydrogen-bond acceptors (Lipinski definition) is 4. The minimum atomic E-state index is -0.969. The van der Waals surface area contributed by atoms with Crippen LogP contribution in [0.3, 0.4) is 0 Å². The second-order valence-corrected chi connectivity index (χ2v) is 6.81. The van der Waals surface area contributed by atoms with Gasteiger partial charge in [0.1, 0.15) is 5.69 Å². The standard InChI is InChI=1S/C17H11Cl2NO3S/c18-11-3-1-10(2-4-11)16-20-14(9-15(21)22)17(23-16)24-13-7-5-12(19)6-8-13/h1-8H,9H2,(H,21,22). The van der Waals surface area contributed by atoms with Crippen LogP contribution in [0.15, 0.2) is 62.9 Å². The summed E-state index contributed by atoms with van der Waals surface area (Å²) in [6, 6.07) is 14.2. The summed E-state index contributed by atoms with van der Waals surface area (Å²) in [5, 5.41) is 10.8. The second-order valence-electron chi connectivity index (χ2n) is 4.89. The third-order valence-corrected chi connectivity index (χ3v) is 4.61. The molecule has 7 heteroatoms. The van der Waals surface area contributed by atoms with E-state index in [0.29, 0.717) is 26.7 Å². The fraction of sp³-hybridized carbons (Fsp3) is 0.0588. The van der Waals surface area contributed by atoms with Crippen molar-refractivity contribution in [2.75, 3.05) is 0 Å². The van der Waals surface area contributed by atoms with Crippen molar-refractivity contribution in [3.63, 3.8) is 0 Å². The number of aliphatic carboxylic acids is 1. The van der Waals surface area contributed by atoms with E-state index in [2.05, 4.69) is 4.98 Å². The number of oxazole rings is 1. The molecular weight excluding hydrogens is 369 g/mol. The molecule has 3 aromatic rings. The van der Waals surface area contributed by atoms with E-state index in [-0.39, 0.29) is 6.42 Å². The van der Waals surface area contributed by atoms with E-state index in [1.807, 2.05) is 12.1 Å². The third-order valence-electron chi connectivity index (χ3n) is 3.10. The van der Waals surface area contributed by atoms with Gasteiger partial charge in [-0.25, -0.2) is 4.98 Å². The molecule has 0 aliphatic rings. The lowest BCUT2D eigenvalue weighted by Gasteiger charge is -2.00. The molecule has 0 aliphatic carbocycles. The quantitative estimate of drug-likeness (QED) is 0.640. The summed E-state index contributed by atoms with van der Waals surface area (Å²) in [6.45, 7) is 0. The SMILES string of the molecule is O=C(O)Cc1nc(-c2ccc(Cl)cc2)oc1Sc1ccc(Cl)cc1. The van der Waals surface area contributed by atoms with Crippen molar-refractivity contribution in [1.29, 1.82) is 0 Å². The van der Waals surface area contributed by atoms with Crippen LogP contribution in [0.5, 0.6) is 0 Å². The first-order valence-corrected chi connectivity index (χ1v) is 8.49. The predicted molar refractivity (Wildman–Crippen MR) is 93.9 cm³/mol. The molecule has 0 bridgehead atoms. The normalized spacial score (nSPS) is 10.8. The molecule has 2 aromatic carbocycles. The van der Waals surface area contributed by atoms with Gasteiger partial charge < -0.3 is 9.52 Å². The van der Waals surface area contributed by atoms with Gasteiger partial charge in [0.05, 0.1) is 6.42 Å². The van der Waals surface area contributed by atoms with Gasteiger partial charge in [0.15, 0.2) is 5.09 Å². The van der Waals surface area contributed by atoms with Crippen LogP contribution in [0, 0.1) is 0 Å². The fourth-order valence-corrected chi connectivity index (χ4v) is 3.09. The zero-order valence-electron chi connectivity index (χ0n) is 12.2. The van der Waals surface area contributed by atoms with Crippen LogP contribution < -0.4 is 0 Å². The fourth-order valence-electron chi connectivity index (χ4n) is 2.00. The first kappa shape index (κ1) is 16.9. The minimum Gasteiger partial charge on any atom is -0.481 e. The van der Waals surface area contributed by atoms with E-state index in [4.69, 9.17) is 32.7 Å². The van der Waals surface area contributed by atoms with Gasteiger partial charge in [-0.3, -0.25) is 4.79 Å². The summed E-state index contributed by atoms with van der Waals surface area (Å²) in [5.74, 6) is -0.608. The lowest BCUT2D eigenvalue weighted by atomic mass is 10.2. The summed E-state index contributed by atoms with van der Waals surface area (Å²) in [7, 11) is 0. The van der Waals surface area contributed by atoms with Crippen molar-refractivity contribution in [3.8, 4) is 11.5 Å². The van der Waals surface area contributed by atoms with Crippen molar-refractivity contribution < 1.29 is 14.3 Å². The lowest BCUT2D eigenvalue weighted by molar-refractivity contribution is -0.136. The molecule has 0 atom stereocenters. The molecule has 0 unspecified atom stereocenters. The average molecular weight is 380 g/mol. The molecule has 24 heavy (non-hydrogen) atoms. The zero-order chi connectivity index (χ0) is 17.1. The Labute approximate surface area is 152 Å². The second kappa shape index (κ2) is 7.30. The molecule has 0 saturated heterocycles. The van der Waals surface area contributed by atoms with E-state index in [1.165, 1.54) is 11.8 Å². The van der Waals surface area contributed by atoms with Crippen LogP contribution in [0.2, 0.25) is 10.0 Å². The number of halogens is 2. The summed E-state index contributed by atoms with van der Waals surface area (Å²) in [6.07, 6.45) is -0.215. The van der Waals surface area contributed by atoms with Crippen molar-refractivity contribution in [1.82, 2.24) is 4.98 Å². The third kappa shape index (κ3) is 4.12.